The van der Waals surface area contributed by atoms with Gasteiger partial charge in [0.05, 0.1) is 20.4 Å². The Balaban J connectivity index is 2.98. The highest BCUT2D eigenvalue weighted by atomic mass is 79.9. The van der Waals surface area contributed by atoms with E-state index in [9.17, 15) is 4.79 Å². The van der Waals surface area contributed by atoms with E-state index in [2.05, 4.69) is 30.9 Å². The maximum atomic E-state index is 11.1. The Morgan fingerprint density at radius 1 is 1.33 bits per heavy atom. The lowest BCUT2D eigenvalue weighted by molar-refractivity contribution is -0.142. The SMILES string of the molecule is COC(=O)COc1cc(Br)c(C=NN=C(N)N)cc1OC. The van der Waals surface area contributed by atoms with Crippen molar-refractivity contribution in [1.29, 1.82) is 0 Å². The number of rotatable bonds is 6. The molecule has 9 heteroatoms. The molecule has 1 aromatic carbocycles. The lowest BCUT2D eigenvalue weighted by Gasteiger charge is -2.11. The van der Waals surface area contributed by atoms with Crippen LogP contribution in [0.15, 0.2) is 26.8 Å². The number of carbonyl (C=O) groups excluding carboxylic acids is 1. The molecular weight excluding hydrogens is 344 g/mol. The van der Waals surface area contributed by atoms with Crippen LogP contribution in [0.3, 0.4) is 0 Å². The highest BCUT2D eigenvalue weighted by Gasteiger charge is 2.11. The van der Waals surface area contributed by atoms with Crippen LogP contribution in [0.4, 0.5) is 0 Å². The Kier molecular flexibility index (Phi) is 6.47. The fourth-order valence-corrected chi connectivity index (χ4v) is 1.70. The predicted octanol–water partition coefficient (Wildman–Crippen LogP) is 0.617. The van der Waals surface area contributed by atoms with Gasteiger partial charge in [-0.3, -0.25) is 0 Å². The first-order valence-electron chi connectivity index (χ1n) is 5.67. The zero-order valence-corrected chi connectivity index (χ0v) is 13.1. The number of nitrogens with two attached hydrogens (primary N) is 2. The fraction of sp³-hybridized carbons (Fsp3) is 0.250. The second-order valence-electron chi connectivity index (χ2n) is 3.66. The zero-order chi connectivity index (χ0) is 15.8. The highest BCUT2D eigenvalue weighted by molar-refractivity contribution is 9.10. The van der Waals surface area contributed by atoms with Crippen molar-refractivity contribution in [3.05, 3.63) is 22.2 Å². The minimum absolute atomic E-state index is 0.146. The molecule has 114 valence electrons. The molecule has 0 unspecified atom stereocenters. The summed E-state index contributed by atoms with van der Waals surface area (Å²) in [5.41, 5.74) is 11.0. The fourth-order valence-electron chi connectivity index (χ4n) is 1.28. The lowest BCUT2D eigenvalue weighted by Crippen LogP contribution is -2.21. The summed E-state index contributed by atoms with van der Waals surface area (Å²) in [5, 5.41) is 7.20. The minimum Gasteiger partial charge on any atom is -0.493 e. The van der Waals surface area contributed by atoms with Gasteiger partial charge in [0.1, 0.15) is 0 Å². The third-order valence-corrected chi connectivity index (χ3v) is 2.91. The summed E-state index contributed by atoms with van der Waals surface area (Å²) < 4.78 is 15.7. The molecule has 0 heterocycles. The molecule has 0 amide bonds. The van der Waals surface area contributed by atoms with Gasteiger partial charge >= 0.3 is 5.97 Å². The van der Waals surface area contributed by atoms with Gasteiger partial charge in [-0.1, -0.05) is 0 Å². The lowest BCUT2D eigenvalue weighted by atomic mass is 10.2. The number of nitrogens with zero attached hydrogens (tertiary/aromatic N) is 2. The predicted molar refractivity (Wildman–Crippen MR) is 81.6 cm³/mol. The van der Waals surface area contributed by atoms with E-state index in [1.54, 1.807) is 12.1 Å². The van der Waals surface area contributed by atoms with E-state index in [1.807, 2.05) is 0 Å². The van der Waals surface area contributed by atoms with Crippen LogP contribution in [0.2, 0.25) is 0 Å². The molecule has 1 rings (SSSR count). The number of ether oxygens (including phenoxy) is 3. The number of hydrogen-bond acceptors (Lipinski definition) is 6. The molecule has 21 heavy (non-hydrogen) atoms. The molecule has 0 aromatic heterocycles. The molecule has 0 aliphatic carbocycles. The van der Waals surface area contributed by atoms with Crippen LogP contribution in [-0.4, -0.2) is 39.0 Å². The first-order chi connectivity index (χ1) is 9.97. The third-order valence-electron chi connectivity index (χ3n) is 2.23. The molecule has 0 saturated carbocycles. The van der Waals surface area contributed by atoms with E-state index in [0.29, 0.717) is 21.5 Å². The summed E-state index contributed by atoms with van der Waals surface area (Å²) >= 11 is 3.35. The molecule has 0 aliphatic rings. The smallest absolute Gasteiger partial charge is 0.343 e. The summed E-state index contributed by atoms with van der Waals surface area (Å²) in [6.45, 7) is -0.221. The Morgan fingerprint density at radius 2 is 2.05 bits per heavy atom. The Labute approximate surface area is 129 Å². The van der Waals surface area contributed by atoms with E-state index in [0.717, 1.165) is 0 Å². The maximum absolute atomic E-state index is 11.1. The van der Waals surface area contributed by atoms with Crippen molar-refractivity contribution in [2.24, 2.45) is 21.7 Å². The zero-order valence-electron chi connectivity index (χ0n) is 11.5. The Hall–Kier alpha value is -2.29. The van der Waals surface area contributed by atoms with Crippen molar-refractivity contribution in [2.75, 3.05) is 20.8 Å². The van der Waals surface area contributed by atoms with Crippen molar-refractivity contribution in [2.45, 2.75) is 0 Å². The van der Waals surface area contributed by atoms with Gasteiger partial charge in [0.15, 0.2) is 18.1 Å². The van der Waals surface area contributed by atoms with E-state index in [1.165, 1.54) is 20.4 Å². The molecular formula is C12H15BrN4O4. The highest BCUT2D eigenvalue weighted by Crippen LogP contribution is 2.32. The molecule has 0 bridgehead atoms. The second kappa shape index (κ2) is 8.10. The first-order valence-corrected chi connectivity index (χ1v) is 6.46. The van der Waals surface area contributed by atoms with Crippen LogP contribution in [0.1, 0.15) is 5.56 Å². The van der Waals surface area contributed by atoms with Crippen LogP contribution in [-0.2, 0) is 9.53 Å². The standard InChI is InChI=1S/C12H15BrN4O4/c1-19-9-3-7(5-16-17-12(14)15)8(13)4-10(9)21-6-11(18)20-2/h3-5H,6H2,1-2H3,(H4,14,15,17). The van der Waals surface area contributed by atoms with Gasteiger partial charge in [-0.15, -0.1) is 5.10 Å². The number of methoxy groups -OCH3 is 2. The second-order valence-corrected chi connectivity index (χ2v) is 4.51. The van der Waals surface area contributed by atoms with Crippen molar-refractivity contribution >= 4 is 34.1 Å². The quantitative estimate of drug-likeness (QED) is 0.332. The number of guanidine groups is 1. The maximum Gasteiger partial charge on any atom is 0.343 e. The van der Waals surface area contributed by atoms with Gasteiger partial charge in [0, 0.05) is 10.0 Å². The van der Waals surface area contributed by atoms with Crippen LogP contribution >= 0.6 is 15.9 Å². The summed E-state index contributed by atoms with van der Waals surface area (Å²) in [5.74, 6) is 0.168. The van der Waals surface area contributed by atoms with Crippen molar-refractivity contribution in [1.82, 2.24) is 0 Å². The average Bonchev–Trinajstić information content (AvgIpc) is 2.46. The van der Waals surface area contributed by atoms with Gasteiger partial charge in [-0.05, 0) is 28.1 Å². The summed E-state index contributed by atoms with van der Waals surface area (Å²) in [6, 6.07) is 3.29. The molecule has 0 spiro atoms. The summed E-state index contributed by atoms with van der Waals surface area (Å²) in [7, 11) is 2.76. The van der Waals surface area contributed by atoms with Gasteiger partial charge in [-0.2, -0.15) is 5.10 Å². The van der Waals surface area contributed by atoms with E-state index in [4.69, 9.17) is 20.9 Å². The topological polar surface area (TPSA) is 122 Å². The number of halogens is 1. The van der Waals surface area contributed by atoms with Crippen molar-refractivity contribution in [3.8, 4) is 11.5 Å². The molecule has 4 N–H and O–H groups in total. The van der Waals surface area contributed by atoms with Crippen molar-refractivity contribution in [3.63, 3.8) is 0 Å². The number of esters is 1. The van der Waals surface area contributed by atoms with Crippen LogP contribution in [0, 0.1) is 0 Å². The monoisotopic (exact) mass is 358 g/mol. The first kappa shape index (κ1) is 16.8. The van der Waals surface area contributed by atoms with Gasteiger partial charge in [0.2, 0.25) is 5.96 Å². The van der Waals surface area contributed by atoms with Crippen LogP contribution in [0.5, 0.6) is 11.5 Å². The third kappa shape index (κ3) is 5.30. The molecule has 0 fully saturated rings. The summed E-state index contributed by atoms with van der Waals surface area (Å²) in [6.07, 6.45) is 1.44. The van der Waals surface area contributed by atoms with Crippen LogP contribution in [0.25, 0.3) is 0 Å². The molecule has 0 saturated heterocycles. The number of carbonyl (C=O) groups is 1. The van der Waals surface area contributed by atoms with E-state index in [-0.39, 0.29) is 12.6 Å². The van der Waals surface area contributed by atoms with E-state index >= 15 is 0 Å². The average molecular weight is 359 g/mol. The number of benzene rings is 1. The molecule has 0 radical (unpaired) electrons. The molecule has 0 atom stereocenters. The largest absolute Gasteiger partial charge is 0.493 e. The molecule has 1 aromatic rings. The molecule has 8 nitrogen and oxygen atoms in total. The van der Waals surface area contributed by atoms with Gasteiger partial charge in [-0.25, -0.2) is 4.79 Å². The van der Waals surface area contributed by atoms with Crippen molar-refractivity contribution < 1.29 is 19.0 Å². The summed E-state index contributed by atoms with van der Waals surface area (Å²) in [4.78, 5) is 11.1. The van der Waals surface area contributed by atoms with Crippen LogP contribution < -0.4 is 20.9 Å². The van der Waals surface area contributed by atoms with Gasteiger partial charge < -0.3 is 25.7 Å². The Bertz CT molecular complexity index is 571. The van der Waals surface area contributed by atoms with Gasteiger partial charge in [0.25, 0.3) is 0 Å². The Morgan fingerprint density at radius 3 is 2.62 bits per heavy atom. The van der Waals surface area contributed by atoms with E-state index < -0.39 is 5.97 Å². The minimum atomic E-state index is -0.494. The molecule has 0 aliphatic heterocycles. The normalized spacial score (nSPS) is 10.2. The number of hydrogen-bond donors (Lipinski definition) is 2.